The van der Waals surface area contributed by atoms with Crippen LogP contribution < -0.4 is 19.9 Å². The number of aryl methyl sites for hydroxylation is 1. The molecule has 1 aliphatic carbocycles. The van der Waals surface area contributed by atoms with Crippen LogP contribution in [0.25, 0.3) is 0 Å². The molecule has 3 aromatic rings. The fraction of sp³-hybridized carbons (Fsp3) is 0.478. The Hall–Kier alpha value is -3.57. The first-order chi connectivity index (χ1) is 17.0. The molecule has 3 aliphatic rings. The lowest BCUT2D eigenvalue weighted by Crippen LogP contribution is -2.48. The molecular formula is C23H25F3N8O. The maximum atomic E-state index is 14.5. The molecule has 9 nitrogen and oxygen atoms in total. The third-order valence-electron chi connectivity index (χ3n) is 7.27. The summed E-state index contributed by atoms with van der Waals surface area (Å²) in [4.78, 5) is 8.50. The maximum absolute atomic E-state index is 14.5. The summed E-state index contributed by atoms with van der Waals surface area (Å²) in [6, 6.07) is 4.28. The number of methoxy groups -OCH3 is 1. The Morgan fingerprint density at radius 2 is 1.86 bits per heavy atom. The second kappa shape index (κ2) is 8.58. The van der Waals surface area contributed by atoms with Gasteiger partial charge in [0.15, 0.2) is 17.5 Å². The molecule has 1 N–H and O–H groups in total. The predicted octanol–water partition coefficient (Wildman–Crippen LogP) is 3.36. The summed E-state index contributed by atoms with van der Waals surface area (Å²) < 4.78 is 48.7. The van der Waals surface area contributed by atoms with E-state index in [9.17, 15) is 13.2 Å². The van der Waals surface area contributed by atoms with Crippen LogP contribution in [0.2, 0.25) is 0 Å². The molecule has 184 valence electrons. The zero-order chi connectivity index (χ0) is 24.1. The van der Waals surface area contributed by atoms with Crippen molar-refractivity contribution in [1.29, 1.82) is 0 Å². The summed E-state index contributed by atoms with van der Waals surface area (Å²) in [6.07, 6.45) is 4.62. The normalized spacial score (nSPS) is 23.4. The van der Waals surface area contributed by atoms with E-state index in [0.29, 0.717) is 49.1 Å². The summed E-state index contributed by atoms with van der Waals surface area (Å²) >= 11 is 0. The number of ether oxygens (including phenoxy) is 1. The molecule has 12 heteroatoms. The van der Waals surface area contributed by atoms with Gasteiger partial charge in [0.25, 0.3) is 0 Å². The van der Waals surface area contributed by atoms with E-state index in [1.54, 1.807) is 22.9 Å². The molecule has 2 aromatic heterocycles. The topological polar surface area (TPSA) is 84.2 Å². The summed E-state index contributed by atoms with van der Waals surface area (Å²) in [7, 11) is 1.58. The molecule has 2 bridgehead atoms. The standard InChI is InChI=1S/C23H25F3N8O/c1-35-18-9-15(10-27-30-18)32-11-13-3-4-14(12-32)21(13)28-22-29-23-33(7-2-8-34(23)31-22)17-6-5-16(24)19(25)20(17)26/h5-6,9-10,13-14,21H,2-4,7-8,11-12H2,1H3,(H,28,31)/t13-,14?,21-/m0/s1. The van der Waals surface area contributed by atoms with Crippen LogP contribution in [0, 0.1) is 29.3 Å². The van der Waals surface area contributed by atoms with Crippen LogP contribution in [-0.2, 0) is 6.54 Å². The van der Waals surface area contributed by atoms with E-state index in [2.05, 4.69) is 30.5 Å². The first-order valence-corrected chi connectivity index (χ1v) is 11.8. The van der Waals surface area contributed by atoms with Crippen molar-refractivity contribution in [3.05, 3.63) is 41.8 Å². The third kappa shape index (κ3) is 3.80. The van der Waals surface area contributed by atoms with E-state index >= 15 is 0 Å². The summed E-state index contributed by atoms with van der Waals surface area (Å²) in [6.45, 7) is 2.78. The second-order valence-electron chi connectivity index (χ2n) is 9.29. The highest BCUT2D eigenvalue weighted by atomic mass is 19.2. The Morgan fingerprint density at radius 3 is 2.63 bits per heavy atom. The fourth-order valence-corrected chi connectivity index (χ4v) is 5.60. The molecule has 2 aliphatic heterocycles. The van der Waals surface area contributed by atoms with Crippen LogP contribution >= 0.6 is 0 Å². The van der Waals surface area contributed by atoms with Crippen molar-refractivity contribution in [1.82, 2.24) is 25.0 Å². The van der Waals surface area contributed by atoms with E-state index in [4.69, 9.17) is 4.74 Å². The zero-order valence-electron chi connectivity index (χ0n) is 19.2. The number of benzene rings is 1. The van der Waals surface area contributed by atoms with Gasteiger partial charge in [0.1, 0.15) is 0 Å². The largest absolute Gasteiger partial charge is 0.480 e. The molecular weight excluding hydrogens is 461 g/mol. The Balaban J connectivity index is 1.21. The van der Waals surface area contributed by atoms with Crippen molar-refractivity contribution in [2.75, 3.05) is 41.9 Å². The number of hydrogen-bond acceptors (Lipinski definition) is 8. The minimum absolute atomic E-state index is 0.0430. The quantitative estimate of drug-likeness (QED) is 0.550. The molecule has 0 spiro atoms. The fourth-order valence-electron chi connectivity index (χ4n) is 5.60. The van der Waals surface area contributed by atoms with Crippen LogP contribution in [0.15, 0.2) is 24.4 Å². The Labute approximate surface area is 199 Å². The van der Waals surface area contributed by atoms with Gasteiger partial charge in [-0.15, -0.1) is 10.2 Å². The number of piperidine rings is 1. The number of anilines is 4. The summed E-state index contributed by atoms with van der Waals surface area (Å²) in [5.41, 5.74) is 0.950. The molecule has 1 aromatic carbocycles. The smallest absolute Gasteiger partial charge is 0.244 e. The first kappa shape index (κ1) is 21.9. The molecule has 1 unspecified atom stereocenters. The number of nitrogens with one attached hydrogen (secondary N) is 1. The van der Waals surface area contributed by atoms with Crippen molar-refractivity contribution in [3.63, 3.8) is 0 Å². The summed E-state index contributed by atoms with van der Waals surface area (Å²) in [5, 5.41) is 16.1. The number of fused-ring (bicyclic) bond motifs is 3. The van der Waals surface area contributed by atoms with Crippen molar-refractivity contribution < 1.29 is 17.9 Å². The summed E-state index contributed by atoms with van der Waals surface area (Å²) in [5.74, 6) is -1.74. The Bertz CT molecular complexity index is 1240. The van der Waals surface area contributed by atoms with Crippen molar-refractivity contribution in [2.24, 2.45) is 11.8 Å². The Kier molecular flexibility index (Phi) is 5.37. The third-order valence-corrected chi connectivity index (χ3v) is 7.27. The van der Waals surface area contributed by atoms with Gasteiger partial charge in [-0.25, -0.2) is 17.9 Å². The average Bonchev–Trinajstić information content (AvgIpc) is 3.38. The van der Waals surface area contributed by atoms with Gasteiger partial charge in [-0.2, -0.15) is 10.1 Å². The lowest BCUT2D eigenvalue weighted by atomic mass is 9.92. The highest BCUT2D eigenvalue weighted by Gasteiger charge is 2.43. The van der Waals surface area contributed by atoms with Crippen LogP contribution in [-0.4, -0.2) is 57.7 Å². The lowest BCUT2D eigenvalue weighted by Gasteiger charge is -2.39. The molecule has 2 fully saturated rings. The predicted molar refractivity (Wildman–Crippen MR) is 122 cm³/mol. The number of aromatic nitrogens is 5. The highest BCUT2D eigenvalue weighted by Crippen LogP contribution is 2.40. The van der Waals surface area contributed by atoms with Gasteiger partial charge in [0.2, 0.25) is 17.8 Å². The van der Waals surface area contributed by atoms with Crippen molar-refractivity contribution in [2.45, 2.75) is 31.8 Å². The van der Waals surface area contributed by atoms with E-state index in [-0.39, 0.29) is 11.7 Å². The van der Waals surface area contributed by atoms with Gasteiger partial charge in [0.05, 0.1) is 24.7 Å². The van der Waals surface area contributed by atoms with Gasteiger partial charge in [-0.3, -0.25) is 0 Å². The molecule has 0 radical (unpaired) electrons. The number of hydrogen-bond donors (Lipinski definition) is 1. The van der Waals surface area contributed by atoms with E-state index in [1.165, 1.54) is 6.07 Å². The van der Waals surface area contributed by atoms with E-state index in [1.807, 2.05) is 6.07 Å². The number of nitrogens with zero attached hydrogens (tertiary/aromatic N) is 7. The monoisotopic (exact) mass is 486 g/mol. The van der Waals surface area contributed by atoms with Gasteiger partial charge in [-0.05, 0) is 43.2 Å². The molecule has 1 saturated heterocycles. The Morgan fingerprint density at radius 1 is 1.06 bits per heavy atom. The van der Waals surface area contributed by atoms with Gasteiger partial charge in [-0.1, -0.05) is 0 Å². The molecule has 0 amide bonds. The minimum Gasteiger partial charge on any atom is -0.480 e. The average molecular weight is 487 g/mol. The highest BCUT2D eigenvalue weighted by molar-refractivity contribution is 5.60. The zero-order valence-corrected chi connectivity index (χ0v) is 19.2. The molecule has 6 rings (SSSR count). The van der Waals surface area contributed by atoms with Crippen LogP contribution in [0.3, 0.4) is 0 Å². The van der Waals surface area contributed by atoms with Crippen molar-refractivity contribution >= 4 is 23.3 Å². The van der Waals surface area contributed by atoms with Crippen LogP contribution in [0.5, 0.6) is 5.88 Å². The molecule has 3 atom stereocenters. The second-order valence-corrected chi connectivity index (χ2v) is 9.29. The maximum Gasteiger partial charge on any atom is 0.244 e. The minimum atomic E-state index is -1.48. The number of rotatable bonds is 5. The lowest BCUT2D eigenvalue weighted by molar-refractivity contribution is 0.372. The molecule has 4 heterocycles. The van der Waals surface area contributed by atoms with Gasteiger partial charge in [0, 0.05) is 38.3 Å². The molecule has 35 heavy (non-hydrogen) atoms. The van der Waals surface area contributed by atoms with Crippen LogP contribution in [0.4, 0.5) is 36.4 Å². The van der Waals surface area contributed by atoms with E-state index < -0.39 is 17.5 Å². The first-order valence-electron chi connectivity index (χ1n) is 11.8. The van der Waals surface area contributed by atoms with Crippen molar-refractivity contribution in [3.8, 4) is 5.88 Å². The van der Waals surface area contributed by atoms with Crippen LogP contribution in [0.1, 0.15) is 19.3 Å². The van der Waals surface area contributed by atoms with Gasteiger partial charge < -0.3 is 19.9 Å². The SMILES string of the molecule is COc1cc(N2CC3CC[C@@H](C2)[C@@H]3Nc2nc3n(n2)CCCN3c2ccc(F)c(F)c2F)cnn1. The van der Waals surface area contributed by atoms with Gasteiger partial charge >= 0.3 is 0 Å². The number of halogens is 3. The molecule has 1 saturated carbocycles. The van der Waals surface area contributed by atoms with E-state index in [0.717, 1.165) is 37.7 Å².